The van der Waals surface area contributed by atoms with E-state index >= 15 is 0 Å². The molecule has 1 heterocycles. The van der Waals surface area contributed by atoms with Gasteiger partial charge in [-0.05, 0) is 6.92 Å². The van der Waals surface area contributed by atoms with Gasteiger partial charge in [0.25, 0.3) is 0 Å². The highest BCUT2D eigenvalue weighted by Crippen LogP contribution is 2.20. The largest absolute Gasteiger partial charge is 0.204 e. The number of hydrogen-bond acceptors (Lipinski definition) is 4. The normalized spacial score (nSPS) is 39.0. The highest BCUT2D eigenvalue weighted by Gasteiger charge is 2.27. The van der Waals surface area contributed by atoms with E-state index in [0.717, 1.165) is 5.75 Å². The number of nitrogens with zero attached hydrogens (tertiary/aromatic N) is 1. The molecule has 0 bridgehead atoms. The molecule has 0 saturated carbocycles. The van der Waals surface area contributed by atoms with Gasteiger partial charge in [-0.3, -0.25) is 0 Å². The highest BCUT2D eigenvalue weighted by atomic mass is 35.5. The quantitative estimate of drug-likeness (QED) is 0.257. The summed E-state index contributed by atoms with van der Waals surface area (Å²) in [4.78, 5) is 2.32. The van der Waals surface area contributed by atoms with Gasteiger partial charge in [0.2, 0.25) is 0 Å². The molecule has 0 spiro atoms. The molecule has 1 saturated heterocycles. The van der Waals surface area contributed by atoms with Crippen molar-refractivity contribution in [1.82, 2.24) is 14.9 Å². The highest BCUT2D eigenvalue weighted by molar-refractivity contribution is 7.97. The molecule has 54 valence electrons. The van der Waals surface area contributed by atoms with Crippen molar-refractivity contribution in [2.45, 2.75) is 11.9 Å². The minimum absolute atomic E-state index is 0.433. The topological polar surface area (TPSA) is 27.3 Å². The second-order valence-corrected chi connectivity index (χ2v) is 3.90. The van der Waals surface area contributed by atoms with Crippen LogP contribution in [0.15, 0.2) is 0 Å². The Morgan fingerprint density at radius 3 is 2.78 bits per heavy atom. The van der Waals surface area contributed by atoms with Crippen molar-refractivity contribution in [1.29, 1.82) is 0 Å². The lowest BCUT2D eigenvalue weighted by Crippen LogP contribution is -2.54. The molecule has 1 atom stereocenters. The molecule has 1 rings (SSSR count). The molecule has 3 nitrogen and oxygen atoms in total. The van der Waals surface area contributed by atoms with E-state index in [9.17, 15) is 0 Å². The zero-order valence-electron chi connectivity index (χ0n) is 4.82. The predicted octanol–water partition coefficient (Wildman–Crippen LogP) is 1.07. The van der Waals surface area contributed by atoms with Crippen LogP contribution in [0, 0.1) is 0 Å². The maximum atomic E-state index is 5.87. The van der Waals surface area contributed by atoms with Gasteiger partial charge in [0.05, 0.1) is 0 Å². The molecule has 0 aliphatic carbocycles. The second-order valence-electron chi connectivity index (χ2n) is 1.97. The SMILES string of the molecule is CC1(Cl)CSNN(Cl)N1. The van der Waals surface area contributed by atoms with Gasteiger partial charge in [-0.15, -0.1) is 11.6 Å². The molecule has 0 aromatic carbocycles. The third-order valence-corrected chi connectivity index (χ3v) is 2.50. The average molecular weight is 188 g/mol. The standard InChI is InChI=1S/C3H7Cl2N3S/c1-3(4)2-9-7-8(5)6-3/h6-7H,2H2,1H3. The van der Waals surface area contributed by atoms with Crippen molar-refractivity contribution in [3.8, 4) is 0 Å². The van der Waals surface area contributed by atoms with Crippen LogP contribution >= 0.6 is 35.3 Å². The maximum absolute atomic E-state index is 5.87. The molecule has 9 heavy (non-hydrogen) atoms. The van der Waals surface area contributed by atoms with E-state index in [1.165, 1.54) is 16.6 Å². The lowest BCUT2D eigenvalue weighted by Gasteiger charge is -2.32. The summed E-state index contributed by atoms with van der Waals surface area (Å²) in [5.74, 6) is 0.776. The number of alkyl halides is 1. The van der Waals surface area contributed by atoms with Gasteiger partial charge in [-0.1, -0.05) is 16.6 Å². The van der Waals surface area contributed by atoms with Crippen LogP contribution in [-0.2, 0) is 0 Å². The Morgan fingerprint density at radius 1 is 1.78 bits per heavy atom. The molecule has 0 aromatic heterocycles. The van der Waals surface area contributed by atoms with Gasteiger partial charge in [0.15, 0.2) is 0 Å². The first-order valence-electron chi connectivity index (χ1n) is 2.40. The zero-order valence-corrected chi connectivity index (χ0v) is 7.15. The Hall–Kier alpha value is 0.810. The predicted molar refractivity (Wildman–Crippen MR) is 40.7 cm³/mol. The monoisotopic (exact) mass is 187 g/mol. The minimum Gasteiger partial charge on any atom is -0.204 e. The van der Waals surface area contributed by atoms with Crippen molar-refractivity contribution in [3.05, 3.63) is 0 Å². The second kappa shape index (κ2) is 2.82. The Morgan fingerprint density at radius 2 is 2.44 bits per heavy atom. The van der Waals surface area contributed by atoms with Crippen molar-refractivity contribution in [2.75, 3.05) is 5.75 Å². The third kappa shape index (κ3) is 2.49. The van der Waals surface area contributed by atoms with Gasteiger partial charge in [-0.25, -0.2) is 5.43 Å². The van der Waals surface area contributed by atoms with Crippen LogP contribution in [0.1, 0.15) is 6.92 Å². The van der Waals surface area contributed by atoms with Crippen LogP contribution in [-0.4, -0.2) is 15.4 Å². The lowest BCUT2D eigenvalue weighted by atomic mass is 10.4. The number of rotatable bonds is 0. The molecule has 0 aromatic rings. The van der Waals surface area contributed by atoms with E-state index < -0.39 is 5.00 Å². The number of nitrogens with one attached hydrogen (secondary N) is 2. The van der Waals surface area contributed by atoms with E-state index in [4.69, 9.17) is 23.4 Å². The molecule has 1 unspecified atom stereocenters. The van der Waals surface area contributed by atoms with Crippen molar-refractivity contribution in [2.24, 2.45) is 0 Å². The molecule has 1 fully saturated rings. The van der Waals surface area contributed by atoms with Crippen molar-refractivity contribution in [3.63, 3.8) is 0 Å². The fraction of sp³-hybridized carbons (Fsp3) is 1.00. The molecule has 0 radical (unpaired) electrons. The van der Waals surface area contributed by atoms with Crippen LogP contribution in [0.3, 0.4) is 0 Å². The number of hydrazine groups is 2. The van der Waals surface area contributed by atoms with Gasteiger partial charge >= 0.3 is 0 Å². The molecule has 6 heteroatoms. The summed E-state index contributed by atoms with van der Waals surface area (Å²) in [5.41, 5.74) is 2.79. The van der Waals surface area contributed by atoms with Gasteiger partial charge in [0, 0.05) is 17.5 Å². The first-order valence-corrected chi connectivity index (χ1v) is 4.10. The number of hydrogen-bond donors (Lipinski definition) is 2. The minimum atomic E-state index is -0.433. The van der Waals surface area contributed by atoms with Gasteiger partial charge < -0.3 is 0 Å². The summed E-state index contributed by atoms with van der Waals surface area (Å²) in [6, 6.07) is 0. The summed E-state index contributed by atoms with van der Waals surface area (Å²) in [6.45, 7) is 1.86. The van der Waals surface area contributed by atoms with Crippen molar-refractivity contribution < 1.29 is 0 Å². The number of halogens is 2. The molecular weight excluding hydrogens is 181 g/mol. The fourth-order valence-corrected chi connectivity index (χ4v) is 1.67. The molecular formula is C3H7Cl2N3S. The van der Waals surface area contributed by atoms with Crippen LogP contribution in [0.4, 0.5) is 0 Å². The summed E-state index contributed by atoms with van der Waals surface area (Å²) in [7, 11) is 0. The summed E-state index contributed by atoms with van der Waals surface area (Å²) >= 11 is 12.8. The van der Waals surface area contributed by atoms with Crippen LogP contribution in [0.25, 0.3) is 0 Å². The van der Waals surface area contributed by atoms with Crippen LogP contribution in [0.2, 0.25) is 0 Å². The van der Waals surface area contributed by atoms with E-state index in [2.05, 4.69) is 10.3 Å². The molecule has 2 N–H and O–H groups in total. The maximum Gasteiger partial charge on any atom is 0.116 e. The molecule has 1 aliphatic rings. The van der Waals surface area contributed by atoms with Crippen LogP contribution in [0.5, 0.6) is 0 Å². The zero-order chi connectivity index (χ0) is 6.91. The van der Waals surface area contributed by atoms with E-state index in [-0.39, 0.29) is 0 Å². The smallest absolute Gasteiger partial charge is 0.116 e. The summed E-state index contributed by atoms with van der Waals surface area (Å²) < 4.78 is 1.22. The summed E-state index contributed by atoms with van der Waals surface area (Å²) in [5, 5.41) is 0. The first kappa shape index (κ1) is 7.91. The summed E-state index contributed by atoms with van der Waals surface area (Å²) in [6.07, 6.45) is 0. The Kier molecular flexibility index (Phi) is 2.48. The van der Waals surface area contributed by atoms with Crippen LogP contribution < -0.4 is 10.3 Å². The van der Waals surface area contributed by atoms with Crippen molar-refractivity contribution >= 4 is 35.3 Å². The Balaban J connectivity index is 2.41. The Labute approximate surface area is 68.2 Å². The van der Waals surface area contributed by atoms with E-state index in [1.807, 2.05) is 6.92 Å². The lowest BCUT2D eigenvalue weighted by molar-refractivity contribution is 0.249. The van der Waals surface area contributed by atoms with E-state index in [0.29, 0.717) is 0 Å². The average Bonchev–Trinajstić information content (AvgIpc) is 1.60. The molecule has 1 aliphatic heterocycles. The van der Waals surface area contributed by atoms with Gasteiger partial charge in [0.1, 0.15) is 5.00 Å². The molecule has 0 amide bonds. The van der Waals surface area contributed by atoms with Gasteiger partial charge in [-0.2, -0.15) is 4.83 Å². The first-order chi connectivity index (χ1) is 4.10. The van der Waals surface area contributed by atoms with E-state index in [1.54, 1.807) is 0 Å². The third-order valence-electron chi connectivity index (χ3n) is 0.819. The fourth-order valence-electron chi connectivity index (χ4n) is 0.484. The Bertz CT molecular complexity index is 109.